The number of anilines is 1. The van der Waals surface area contributed by atoms with Crippen molar-refractivity contribution in [2.24, 2.45) is 5.41 Å². The zero-order chi connectivity index (χ0) is 28.1. The summed E-state index contributed by atoms with van der Waals surface area (Å²) < 4.78 is 15.0. The van der Waals surface area contributed by atoms with Crippen molar-refractivity contribution < 1.29 is 19.1 Å². The first-order valence-corrected chi connectivity index (χ1v) is 14.2. The molecular weight excluding hydrogens is 542 g/mol. The molecule has 0 radical (unpaired) electrons. The van der Waals surface area contributed by atoms with Crippen molar-refractivity contribution in [2.45, 2.75) is 63.1 Å². The largest absolute Gasteiger partial charge is 0.392 e. The first-order chi connectivity index (χ1) is 18.4. The number of carbonyl (C=O) groups is 2. The molecule has 5 rings (SSSR count). The summed E-state index contributed by atoms with van der Waals surface area (Å²) in [5.41, 5.74) is 0.169. The van der Waals surface area contributed by atoms with Gasteiger partial charge in [0.05, 0.1) is 17.2 Å². The Labute approximate surface area is 238 Å². The molecule has 2 amide bonds. The summed E-state index contributed by atoms with van der Waals surface area (Å²) in [7, 11) is 0. The molecule has 7 nitrogen and oxygen atoms in total. The maximum atomic E-state index is 15.0. The number of rotatable bonds is 6. The fourth-order valence-corrected chi connectivity index (χ4v) is 6.96. The highest BCUT2D eigenvalue weighted by atomic mass is 35.5. The molecule has 0 unspecified atom stereocenters. The third-order valence-corrected chi connectivity index (χ3v) is 8.69. The molecule has 210 valence electrons. The second-order valence-electron chi connectivity index (χ2n) is 12.2. The van der Waals surface area contributed by atoms with E-state index in [0.717, 1.165) is 13.0 Å². The Bertz CT molecular complexity index is 1290. The molecule has 2 saturated heterocycles. The quantitative estimate of drug-likeness (QED) is 0.416. The third kappa shape index (κ3) is 5.30. The number of hydrogen-bond acceptors (Lipinski definition) is 5. The molecule has 4 N–H and O–H groups in total. The van der Waals surface area contributed by atoms with E-state index in [9.17, 15) is 19.1 Å². The van der Waals surface area contributed by atoms with Gasteiger partial charge < -0.3 is 21.1 Å². The molecule has 1 spiro atoms. The maximum absolute atomic E-state index is 15.0. The molecule has 0 aromatic heterocycles. The van der Waals surface area contributed by atoms with Crippen molar-refractivity contribution >= 4 is 40.7 Å². The molecule has 3 aliphatic rings. The van der Waals surface area contributed by atoms with Crippen molar-refractivity contribution in [3.63, 3.8) is 0 Å². The minimum absolute atomic E-state index is 0.0787. The van der Waals surface area contributed by atoms with Gasteiger partial charge in [-0.15, -0.1) is 0 Å². The van der Waals surface area contributed by atoms with Gasteiger partial charge in [-0.3, -0.25) is 14.5 Å². The number of hydrogen-bond donors (Lipinski definition) is 4. The molecule has 3 heterocycles. The highest BCUT2D eigenvalue weighted by Gasteiger charge is 2.65. The Morgan fingerprint density at radius 1 is 1.26 bits per heavy atom. The minimum Gasteiger partial charge on any atom is -0.392 e. The molecule has 3 aliphatic heterocycles. The van der Waals surface area contributed by atoms with Crippen LogP contribution in [0.25, 0.3) is 0 Å². The summed E-state index contributed by atoms with van der Waals surface area (Å²) in [5, 5.41) is 19.7. The summed E-state index contributed by atoms with van der Waals surface area (Å²) in [6, 6.07) is 8.70. The number of fused-ring (bicyclic) bond motifs is 2. The van der Waals surface area contributed by atoms with Gasteiger partial charge in [-0.1, -0.05) is 56.1 Å². The SMILES string of the molecule is CC(C)(C)C[C@H]1N[C@@H](C(=O)NCCN2CC[C@H](O)C2)[C@H](c2cccc(Cl)c2)[C@@]12C(=O)Nc1cc(Cl)c(F)cc12. The maximum Gasteiger partial charge on any atom is 0.237 e. The van der Waals surface area contributed by atoms with Crippen molar-refractivity contribution in [1.29, 1.82) is 0 Å². The first kappa shape index (κ1) is 28.3. The number of benzene rings is 2. The van der Waals surface area contributed by atoms with Crippen LogP contribution in [0, 0.1) is 11.2 Å². The number of amides is 2. The lowest BCUT2D eigenvalue weighted by molar-refractivity contribution is -0.123. The van der Waals surface area contributed by atoms with Gasteiger partial charge in [-0.2, -0.15) is 0 Å². The van der Waals surface area contributed by atoms with Crippen LogP contribution in [0.5, 0.6) is 0 Å². The van der Waals surface area contributed by atoms with Crippen molar-refractivity contribution in [3.05, 3.63) is 63.4 Å². The normalized spacial score (nSPS) is 28.6. The average Bonchev–Trinajstić information content (AvgIpc) is 3.49. The molecule has 0 saturated carbocycles. The lowest BCUT2D eigenvalue weighted by atomic mass is 9.62. The van der Waals surface area contributed by atoms with Crippen LogP contribution in [0.2, 0.25) is 10.0 Å². The van der Waals surface area contributed by atoms with Crippen LogP contribution in [-0.4, -0.2) is 66.2 Å². The lowest BCUT2D eigenvalue weighted by Gasteiger charge is -2.37. The van der Waals surface area contributed by atoms with E-state index in [-0.39, 0.29) is 28.4 Å². The summed E-state index contributed by atoms with van der Waals surface area (Å²) in [6.45, 7) is 8.60. The number of likely N-dealkylation sites (tertiary alicyclic amines) is 1. The Hall–Kier alpha value is -2.23. The molecule has 5 atom stereocenters. The van der Waals surface area contributed by atoms with E-state index in [1.807, 2.05) is 6.07 Å². The number of aliphatic hydroxyl groups excluding tert-OH is 1. The van der Waals surface area contributed by atoms with Crippen LogP contribution in [-0.2, 0) is 15.0 Å². The van der Waals surface area contributed by atoms with Gasteiger partial charge in [0.2, 0.25) is 11.8 Å². The Kier molecular flexibility index (Phi) is 7.72. The standard InChI is InChI=1S/C29H35Cl2FN4O3/c1-28(2,3)14-23-29(19-12-21(32)20(31)13-22(19)34-27(29)39)24(16-5-4-6-17(30)11-16)25(35-23)26(38)33-8-10-36-9-7-18(37)15-36/h4-6,11-13,18,23-25,35,37H,7-10,14-15H2,1-3H3,(H,33,38)(H,34,39)/t18-,23+,24-,25+,29-/m0/s1. The predicted molar refractivity (Wildman–Crippen MR) is 151 cm³/mol. The molecule has 10 heteroatoms. The van der Waals surface area contributed by atoms with Crippen molar-refractivity contribution in [1.82, 2.24) is 15.5 Å². The average molecular weight is 578 g/mol. The highest BCUT2D eigenvalue weighted by Crippen LogP contribution is 2.57. The van der Waals surface area contributed by atoms with Gasteiger partial charge in [-0.25, -0.2) is 4.39 Å². The van der Waals surface area contributed by atoms with Gasteiger partial charge in [0, 0.05) is 48.8 Å². The van der Waals surface area contributed by atoms with Crippen molar-refractivity contribution in [3.8, 4) is 0 Å². The number of halogens is 3. The Balaban J connectivity index is 1.58. The third-order valence-electron chi connectivity index (χ3n) is 8.17. The van der Waals surface area contributed by atoms with E-state index in [1.165, 1.54) is 12.1 Å². The van der Waals surface area contributed by atoms with E-state index in [4.69, 9.17) is 23.2 Å². The molecular formula is C29H35Cl2FN4O3. The number of aliphatic hydroxyl groups is 1. The number of carbonyl (C=O) groups excluding carboxylic acids is 2. The van der Waals surface area contributed by atoms with Gasteiger partial charge in [-0.05, 0) is 53.6 Å². The zero-order valence-corrected chi connectivity index (χ0v) is 23.9. The fraction of sp³-hybridized carbons (Fsp3) is 0.517. The molecule has 0 bridgehead atoms. The van der Waals surface area contributed by atoms with Crippen LogP contribution < -0.4 is 16.0 Å². The Morgan fingerprint density at radius 2 is 2.03 bits per heavy atom. The molecule has 2 fully saturated rings. The van der Waals surface area contributed by atoms with E-state index >= 15 is 0 Å². The molecule has 39 heavy (non-hydrogen) atoms. The molecule has 2 aromatic rings. The monoisotopic (exact) mass is 576 g/mol. The van der Waals surface area contributed by atoms with E-state index in [0.29, 0.717) is 47.9 Å². The molecule has 2 aromatic carbocycles. The zero-order valence-electron chi connectivity index (χ0n) is 22.4. The summed E-state index contributed by atoms with van der Waals surface area (Å²) >= 11 is 12.5. The smallest absolute Gasteiger partial charge is 0.237 e. The van der Waals surface area contributed by atoms with Crippen LogP contribution in [0.15, 0.2) is 36.4 Å². The van der Waals surface area contributed by atoms with Crippen LogP contribution >= 0.6 is 23.2 Å². The van der Waals surface area contributed by atoms with Gasteiger partial charge in [0.15, 0.2) is 0 Å². The predicted octanol–water partition coefficient (Wildman–Crippen LogP) is 4.07. The van der Waals surface area contributed by atoms with Crippen LogP contribution in [0.3, 0.4) is 0 Å². The minimum atomic E-state index is -1.28. The first-order valence-electron chi connectivity index (χ1n) is 13.4. The van der Waals surface area contributed by atoms with E-state index in [1.54, 1.807) is 18.2 Å². The summed E-state index contributed by atoms with van der Waals surface area (Å²) in [5.74, 6) is -1.83. The van der Waals surface area contributed by atoms with E-state index < -0.39 is 29.2 Å². The summed E-state index contributed by atoms with van der Waals surface area (Å²) in [4.78, 5) is 30.1. The second kappa shape index (κ2) is 10.6. The lowest BCUT2D eigenvalue weighted by Crippen LogP contribution is -2.49. The van der Waals surface area contributed by atoms with Gasteiger partial charge >= 0.3 is 0 Å². The van der Waals surface area contributed by atoms with Crippen LogP contribution in [0.1, 0.15) is 50.7 Å². The van der Waals surface area contributed by atoms with Crippen LogP contribution in [0.4, 0.5) is 10.1 Å². The topological polar surface area (TPSA) is 93.7 Å². The van der Waals surface area contributed by atoms with Gasteiger partial charge in [0.1, 0.15) is 11.2 Å². The Morgan fingerprint density at radius 3 is 2.69 bits per heavy atom. The number of nitrogens with one attached hydrogen (secondary N) is 3. The molecule has 0 aliphatic carbocycles. The van der Waals surface area contributed by atoms with Crippen molar-refractivity contribution in [2.75, 3.05) is 31.5 Å². The van der Waals surface area contributed by atoms with Gasteiger partial charge in [0.25, 0.3) is 0 Å². The summed E-state index contributed by atoms with van der Waals surface area (Å²) in [6.07, 6.45) is 0.940. The number of nitrogens with zero attached hydrogens (tertiary/aromatic N) is 1. The highest BCUT2D eigenvalue weighted by molar-refractivity contribution is 6.31. The number of β-amino-alcohol motifs (C(OH)–C–C–N with tert-alkyl or cyclic N) is 1. The second-order valence-corrected chi connectivity index (χ2v) is 13.0. The van der Waals surface area contributed by atoms with E-state index in [2.05, 4.69) is 41.6 Å². The fourth-order valence-electron chi connectivity index (χ4n) is 6.60.